The van der Waals surface area contributed by atoms with Crippen molar-refractivity contribution in [3.63, 3.8) is 0 Å². The zero-order valence-corrected chi connectivity index (χ0v) is 30.7. The Labute approximate surface area is 308 Å². The number of hydrogen-bond donors (Lipinski definition) is 0. The number of thiophene rings is 1. The number of para-hydroxylation sites is 2. The molecule has 12 rings (SSSR count). The van der Waals surface area contributed by atoms with Crippen molar-refractivity contribution in [2.45, 2.75) is 51.4 Å². The Kier molecular flexibility index (Phi) is 5.50. The summed E-state index contributed by atoms with van der Waals surface area (Å²) in [5, 5.41) is 7.96. The number of hydrogen-bond acceptors (Lipinski definition) is 2. The topological polar surface area (TPSA) is 8.17 Å². The highest BCUT2D eigenvalue weighted by atomic mass is 32.1. The molecular weight excluding hydrogens is 647 g/mol. The van der Waals surface area contributed by atoms with Crippen LogP contribution in [0, 0.1) is 0 Å². The quantitative estimate of drug-likeness (QED) is 0.156. The van der Waals surface area contributed by atoms with Crippen LogP contribution in [0.25, 0.3) is 69.6 Å². The van der Waals surface area contributed by atoms with Gasteiger partial charge in [0.05, 0.1) is 11.0 Å². The van der Waals surface area contributed by atoms with Gasteiger partial charge in [-0.1, -0.05) is 119 Å². The molecule has 0 saturated carbocycles. The lowest BCUT2D eigenvalue weighted by Gasteiger charge is -2.45. The average molecular weight is 685 g/mol. The Morgan fingerprint density at radius 1 is 0.615 bits per heavy atom. The molecule has 2 aromatic heterocycles. The zero-order chi connectivity index (χ0) is 34.7. The van der Waals surface area contributed by atoms with Crippen molar-refractivity contribution in [2.75, 3.05) is 4.81 Å². The minimum absolute atomic E-state index is 0.00959. The van der Waals surface area contributed by atoms with Crippen molar-refractivity contribution in [3.05, 3.63) is 139 Å². The minimum atomic E-state index is -0.00959. The van der Waals surface area contributed by atoms with Crippen LogP contribution in [-0.4, -0.2) is 11.4 Å². The summed E-state index contributed by atoms with van der Waals surface area (Å²) in [6.07, 6.45) is 2.40. The smallest absolute Gasteiger partial charge is 0.333 e. The van der Waals surface area contributed by atoms with Gasteiger partial charge in [-0.15, -0.1) is 11.3 Å². The molecule has 9 aromatic rings. The molecule has 1 aliphatic carbocycles. The van der Waals surface area contributed by atoms with Crippen LogP contribution in [0.5, 0.6) is 0 Å². The van der Waals surface area contributed by atoms with E-state index in [1.807, 2.05) is 11.3 Å². The molecule has 248 valence electrons. The second-order valence-electron chi connectivity index (χ2n) is 16.7. The summed E-state index contributed by atoms with van der Waals surface area (Å²) in [5.74, 6) is 0. The van der Waals surface area contributed by atoms with Gasteiger partial charge in [-0.25, -0.2) is 0 Å². The maximum atomic E-state index is 2.77. The molecule has 0 fully saturated rings. The molecule has 2 aliphatic heterocycles. The first kappa shape index (κ1) is 29.3. The predicted molar refractivity (Wildman–Crippen MR) is 226 cm³/mol. The molecular formula is C48H37BN2S. The van der Waals surface area contributed by atoms with Gasteiger partial charge in [0.2, 0.25) is 0 Å². The van der Waals surface area contributed by atoms with Gasteiger partial charge in [0.25, 0.3) is 0 Å². The third kappa shape index (κ3) is 3.56. The third-order valence-corrected chi connectivity index (χ3v) is 14.1. The lowest BCUT2D eigenvalue weighted by molar-refractivity contribution is 0.332. The van der Waals surface area contributed by atoms with Gasteiger partial charge < -0.3 is 9.38 Å². The first-order chi connectivity index (χ1) is 25.3. The molecule has 0 radical (unpaired) electrons. The lowest BCUT2D eigenvalue weighted by atomic mass is 9.43. The van der Waals surface area contributed by atoms with Gasteiger partial charge in [-0.05, 0) is 98.5 Å². The number of nitrogens with zero attached hydrogens (tertiary/aromatic N) is 2. The third-order valence-electron chi connectivity index (χ3n) is 13.0. The van der Waals surface area contributed by atoms with Crippen molar-refractivity contribution >= 4 is 93.2 Å². The van der Waals surface area contributed by atoms with E-state index < -0.39 is 0 Å². The van der Waals surface area contributed by atoms with E-state index in [4.69, 9.17) is 0 Å². The highest BCUT2D eigenvalue weighted by Crippen LogP contribution is 2.54. The summed E-state index contributed by atoms with van der Waals surface area (Å²) in [5.41, 5.74) is 15.2. The Morgan fingerprint density at radius 3 is 2.21 bits per heavy atom. The summed E-state index contributed by atoms with van der Waals surface area (Å²) < 4.78 is 5.27. The van der Waals surface area contributed by atoms with Crippen LogP contribution in [0.4, 0.5) is 11.4 Å². The summed E-state index contributed by atoms with van der Waals surface area (Å²) in [7, 11) is 0. The van der Waals surface area contributed by atoms with Gasteiger partial charge >= 0.3 is 6.85 Å². The van der Waals surface area contributed by atoms with Gasteiger partial charge in [0.15, 0.2) is 0 Å². The fraction of sp³-hybridized carbons (Fsp3) is 0.167. The van der Waals surface area contributed by atoms with Gasteiger partial charge in [-0.2, -0.15) is 0 Å². The Bertz CT molecular complexity index is 3050. The van der Waals surface area contributed by atoms with E-state index in [0.717, 1.165) is 0 Å². The van der Waals surface area contributed by atoms with E-state index in [-0.39, 0.29) is 17.7 Å². The molecule has 0 atom stereocenters. The fourth-order valence-electron chi connectivity index (χ4n) is 10.4. The second kappa shape index (κ2) is 9.76. The largest absolute Gasteiger partial charge is 0.376 e. The van der Waals surface area contributed by atoms with Crippen molar-refractivity contribution in [3.8, 4) is 16.8 Å². The number of rotatable bonds is 1. The molecule has 4 heteroatoms. The van der Waals surface area contributed by atoms with E-state index in [9.17, 15) is 0 Å². The molecule has 0 spiro atoms. The standard InChI is InChI=1S/C48H37BN2S/c1-47(2)24-25-48(3,4)36-27-29(20-22-35(36)47)51-46-34(21-23-41-43(46)33-15-8-10-19-40(33)52-41)42-30-13-6-5-12-28(30)26-39-44(42)49(51)37-17-11-16-32-31-14-7-9-18-38(31)50(39)45(32)37/h5-23,26-27H,24-25H2,1-4H3. The molecule has 4 heterocycles. The van der Waals surface area contributed by atoms with Crippen molar-refractivity contribution in [1.82, 2.24) is 4.57 Å². The molecule has 0 N–H and O–H groups in total. The van der Waals surface area contributed by atoms with Crippen LogP contribution in [0.15, 0.2) is 127 Å². The fourth-order valence-corrected chi connectivity index (χ4v) is 11.5. The number of aromatic nitrogens is 1. The van der Waals surface area contributed by atoms with E-state index in [1.165, 1.54) is 116 Å². The van der Waals surface area contributed by atoms with Crippen LogP contribution in [0.2, 0.25) is 0 Å². The predicted octanol–water partition coefficient (Wildman–Crippen LogP) is 11.9. The van der Waals surface area contributed by atoms with Crippen molar-refractivity contribution in [2.24, 2.45) is 0 Å². The van der Waals surface area contributed by atoms with E-state index in [0.29, 0.717) is 0 Å². The maximum Gasteiger partial charge on any atom is 0.333 e. The van der Waals surface area contributed by atoms with Gasteiger partial charge in [0.1, 0.15) is 0 Å². The van der Waals surface area contributed by atoms with E-state index in [1.54, 1.807) is 0 Å². The summed E-state index contributed by atoms with van der Waals surface area (Å²) in [6.45, 7) is 9.78. The second-order valence-corrected chi connectivity index (χ2v) is 17.8. The van der Waals surface area contributed by atoms with E-state index >= 15 is 0 Å². The zero-order valence-electron chi connectivity index (χ0n) is 29.9. The lowest BCUT2D eigenvalue weighted by Crippen LogP contribution is -2.60. The first-order valence-electron chi connectivity index (χ1n) is 18.8. The molecule has 2 nitrogen and oxygen atoms in total. The molecule has 0 bridgehead atoms. The highest BCUT2D eigenvalue weighted by Gasteiger charge is 2.46. The number of benzene rings is 7. The Hall–Kier alpha value is -5.32. The molecule has 3 aliphatic rings. The van der Waals surface area contributed by atoms with Crippen LogP contribution in [0.3, 0.4) is 0 Å². The molecule has 52 heavy (non-hydrogen) atoms. The average Bonchev–Trinajstić information content (AvgIpc) is 3.72. The van der Waals surface area contributed by atoms with Crippen LogP contribution in [0.1, 0.15) is 51.7 Å². The SMILES string of the molecule is CC1(C)CCC(C)(C)c2cc(N3B4c5c(cc6ccccc6c5-c5ccc6sc7ccccc7c6c53)-n3c5ccccc5c5cccc4c53)ccc21. The molecule has 0 saturated heterocycles. The number of anilines is 2. The van der Waals surface area contributed by atoms with E-state index in [2.05, 4.69) is 164 Å². The maximum absolute atomic E-state index is 2.77. The summed E-state index contributed by atoms with van der Waals surface area (Å²) in [4.78, 5) is 2.77. The van der Waals surface area contributed by atoms with Crippen LogP contribution < -0.4 is 15.7 Å². The number of fused-ring (bicyclic) bond motifs is 14. The molecule has 0 unspecified atom stereocenters. The first-order valence-corrected chi connectivity index (χ1v) is 19.6. The Balaban J connectivity index is 1.31. The molecule has 0 amide bonds. The normalized spacial score (nSPS) is 16.5. The highest BCUT2D eigenvalue weighted by molar-refractivity contribution is 7.26. The molecule has 7 aromatic carbocycles. The van der Waals surface area contributed by atoms with Gasteiger partial charge in [0, 0.05) is 53.6 Å². The Morgan fingerprint density at radius 2 is 1.35 bits per heavy atom. The van der Waals surface area contributed by atoms with Crippen molar-refractivity contribution < 1.29 is 0 Å². The summed E-state index contributed by atoms with van der Waals surface area (Å²) in [6, 6.07) is 49.0. The van der Waals surface area contributed by atoms with Crippen LogP contribution in [-0.2, 0) is 10.8 Å². The van der Waals surface area contributed by atoms with Gasteiger partial charge in [-0.3, -0.25) is 0 Å². The monoisotopic (exact) mass is 684 g/mol. The summed E-state index contributed by atoms with van der Waals surface area (Å²) >= 11 is 1.92. The minimum Gasteiger partial charge on any atom is -0.376 e. The van der Waals surface area contributed by atoms with Crippen LogP contribution >= 0.6 is 11.3 Å². The van der Waals surface area contributed by atoms with Crippen molar-refractivity contribution in [1.29, 1.82) is 0 Å².